The van der Waals surface area contributed by atoms with Gasteiger partial charge in [0.15, 0.2) is 0 Å². The summed E-state index contributed by atoms with van der Waals surface area (Å²) in [4.78, 5) is 26.2. The predicted octanol–water partition coefficient (Wildman–Crippen LogP) is 3.59. The molecule has 0 aliphatic carbocycles. The van der Waals surface area contributed by atoms with Gasteiger partial charge in [-0.15, -0.1) is 0 Å². The highest BCUT2D eigenvalue weighted by molar-refractivity contribution is 6.09. The van der Waals surface area contributed by atoms with Gasteiger partial charge in [0.05, 0.1) is 5.56 Å². The number of hydrogen-bond acceptors (Lipinski definition) is 3. The van der Waals surface area contributed by atoms with Gasteiger partial charge in [-0.05, 0) is 43.5 Å². The highest BCUT2D eigenvalue weighted by atomic mass is 16.5. The molecule has 0 spiro atoms. The quantitative estimate of drug-likeness (QED) is 0.629. The molecule has 1 heterocycles. The van der Waals surface area contributed by atoms with Crippen LogP contribution in [0.2, 0.25) is 0 Å². The van der Waals surface area contributed by atoms with Crippen LogP contribution in [0.25, 0.3) is 0 Å². The summed E-state index contributed by atoms with van der Waals surface area (Å²) in [5.41, 5.74) is 2.52. The second kappa shape index (κ2) is 6.24. The third kappa shape index (κ3) is 2.97. The normalized spacial score (nSPS) is 16.6. The van der Waals surface area contributed by atoms with Crippen LogP contribution in [0.1, 0.15) is 36.2 Å². The first-order valence-corrected chi connectivity index (χ1v) is 7.77. The van der Waals surface area contributed by atoms with Crippen molar-refractivity contribution in [3.05, 3.63) is 59.7 Å². The van der Waals surface area contributed by atoms with Crippen molar-refractivity contribution in [1.29, 1.82) is 0 Å². The number of hydrogen-bond donors (Lipinski definition) is 0. The van der Waals surface area contributed by atoms with Gasteiger partial charge in [-0.1, -0.05) is 30.3 Å². The Hall–Kier alpha value is -2.62. The molecule has 2 aromatic carbocycles. The molecule has 0 saturated heterocycles. The minimum atomic E-state index is -0.433. The molecule has 2 aromatic rings. The zero-order valence-electron chi connectivity index (χ0n) is 13.3. The lowest BCUT2D eigenvalue weighted by molar-refractivity contribution is -0.131. The van der Waals surface area contributed by atoms with Crippen molar-refractivity contribution in [2.24, 2.45) is 0 Å². The van der Waals surface area contributed by atoms with E-state index in [1.54, 1.807) is 29.2 Å². The van der Waals surface area contributed by atoms with E-state index in [0.29, 0.717) is 11.3 Å². The molecule has 23 heavy (non-hydrogen) atoms. The van der Waals surface area contributed by atoms with E-state index in [0.717, 1.165) is 18.5 Å². The number of esters is 1. The van der Waals surface area contributed by atoms with Gasteiger partial charge in [-0.3, -0.25) is 9.59 Å². The van der Waals surface area contributed by atoms with Crippen molar-refractivity contribution in [1.82, 2.24) is 0 Å². The van der Waals surface area contributed by atoms with Gasteiger partial charge in [0.2, 0.25) is 0 Å². The van der Waals surface area contributed by atoms with Gasteiger partial charge in [-0.25, -0.2) is 0 Å². The van der Waals surface area contributed by atoms with Gasteiger partial charge < -0.3 is 9.64 Å². The number of amides is 1. The van der Waals surface area contributed by atoms with Crippen molar-refractivity contribution in [3.8, 4) is 5.75 Å². The number of rotatable bonds is 2. The number of ether oxygens (including phenoxy) is 1. The minimum Gasteiger partial charge on any atom is -0.426 e. The van der Waals surface area contributed by atoms with E-state index in [9.17, 15) is 9.59 Å². The summed E-state index contributed by atoms with van der Waals surface area (Å²) in [5.74, 6) is -0.265. The monoisotopic (exact) mass is 309 g/mol. The molecule has 1 unspecified atom stereocenters. The number of carbonyl (C=O) groups is 2. The lowest BCUT2D eigenvalue weighted by atomic mass is 9.95. The van der Waals surface area contributed by atoms with Gasteiger partial charge in [-0.2, -0.15) is 0 Å². The lowest BCUT2D eigenvalue weighted by Gasteiger charge is -2.35. The van der Waals surface area contributed by atoms with E-state index in [-0.39, 0.29) is 11.9 Å². The number of carbonyl (C=O) groups excluding carboxylic acids is 2. The third-order valence-electron chi connectivity index (χ3n) is 4.11. The number of aryl methyl sites for hydroxylation is 1. The molecule has 1 amide bonds. The number of fused-ring (bicyclic) bond motifs is 1. The van der Waals surface area contributed by atoms with Crippen molar-refractivity contribution in [2.45, 2.75) is 32.7 Å². The maximum absolute atomic E-state index is 13.1. The molecule has 1 aliphatic heterocycles. The van der Waals surface area contributed by atoms with Crippen LogP contribution in [0, 0.1) is 0 Å². The second-order valence-electron chi connectivity index (χ2n) is 5.78. The Morgan fingerprint density at radius 3 is 2.57 bits per heavy atom. The summed E-state index contributed by atoms with van der Waals surface area (Å²) < 4.78 is 5.19. The van der Waals surface area contributed by atoms with Crippen LogP contribution < -0.4 is 9.64 Å². The fourth-order valence-corrected chi connectivity index (χ4v) is 3.01. The van der Waals surface area contributed by atoms with Gasteiger partial charge in [0.1, 0.15) is 5.75 Å². The van der Waals surface area contributed by atoms with Gasteiger partial charge in [0, 0.05) is 18.7 Å². The van der Waals surface area contributed by atoms with Crippen LogP contribution in [0.5, 0.6) is 5.75 Å². The number of nitrogens with zero attached hydrogens (tertiary/aromatic N) is 1. The smallest absolute Gasteiger partial charge is 0.308 e. The summed E-state index contributed by atoms with van der Waals surface area (Å²) in [5, 5.41) is 0. The number of benzene rings is 2. The molecule has 0 N–H and O–H groups in total. The Bertz CT molecular complexity index is 754. The largest absolute Gasteiger partial charge is 0.426 e. The second-order valence-corrected chi connectivity index (χ2v) is 5.78. The zero-order valence-corrected chi connectivity index (χ0v) is 13.3. The summed E-state index contributed by atoms with van der Waals surface area (Å²) in [6, 6.07) is 14.9. The molecule has 0 fully saturated rings. The number of para-hydroxylation sites is 2. The third-order valence-corrected chi connectivity index (χ3v) is 4.11. The van der Waals surface area contributed by atoms with Crippen LogP contribution in [-0.2, 0) is 11.2 Å². The Labute approximate surface area is 135 Å². The Balaban J connectivity index is 2.02. The average molecular weight is 309 g/mol. The van der Waals surface area contributed by atoms with E-state index in [1.807, 2.05) is 25.1 Å². The average Bonchev–Trinajstić information content (AvgIpc) is 2.54. The minimum absolute atomic E-state index is 0.0998. The fourth-order valence-electron chi connectivity index (χ4n) is 3.01. The Kier molecular flexibility index (Phi) is 4.15. The summed E-state index contributed by atoms with van der Waals surface area (Å²) in [7, 11) is 0. The highest BCUT2D eigenvalue weighted by Gasteiger charge is 2.30. The standard InChI is InChI=1S/C19H19NO3/c1-13-11-12-15-7-3-5-9-17(15)20(13)19(22)16-8-4-6-10-18(16)23-14(2)21/h3-10,13H,11-12H2,1-2H3. The molecule has 1 aliphatic rings. The molecule has 0 bridgehead atoms. The molecule has 0 saturated carbocycles. The molecule has 1 atom stereocenters. The van der Waals surface area contributed by atoms with E-state index in [2.05, 4.69) is 6.07 Å². The van der Waals surface area contributed by atoms with Crippen LogP contribution in [0.3, 0.4) is 0 Å². The maximum atomic E-state index is 13.1. The SMILES string of the molecule is CC(=O)Oc1ccccc1C(=O)N1c2ccccc2CCC1C. The number of anilines is 1. The van der Waals surface area contributed by atoms with Crippen LogP contribution >= 0.6 is 0 Å². The first-order chi connectivity index (χ1) is 11.1. The molecule has 118 valence electrons. The van der Waals surface area contributed by atoms with Crippen molar-refractivity contribution < 1.29 is 14.3 Å². The van der Waals surface area contributed by atoms with Crippen molar-refractivity contribution in [3.63, 3.8) is 0 Å². The summed E-state index contributed by atoms with van der Waals surface area (Å²) in [6.07, 6.45) is 1.88. The van der Waals surface area contributed by atoms with Gasteiger partial charge in [0.25, 0.3) is 5.91 Å². The Morgan fingerprint density at radius 1 is 1.09 bits per heavy atom. The molecule has 4 heteroatoms. The molecular formula is C19H19NO3. The molecular weight excluding hydrogens is 290 g/mol. The predicted molar refractivity (Wildman–Crippen MR) is 88.8 cm³/mol. The molecule has 3 rings (SSSR count). The van der Waals surface area contributed by atoms with Crippen LogP contribution in [-0.4, -0.2) is 17.9 Å². The summed E-state index contributed by atoms with van der Waals surface area (Å²) in [6.45, 7) is 3.38. The van der Waals surface area contributed by atoms with Gasteiger partial charge >= 0.3 is 5.97 Å². The lowest BCUT2D eigenvalue weighted by Crippen LogP contribution is -2.42. The molecule has 4 nitrogen and oxygen atoms in total. The van der Waals surface area contributed by atoms with E-state index in [1.165, 1.54) is 12.5 Å². The van der Waals surface area contributed by atoms with E-state index in [4.69, 9.17) is 4.74 Å². The summed E-state index contributed by atoms with van der Waals surface area (Å²) >= 11 is 0. The fraction of sp³-hybridized carbons (Fsp3) is 0.263. The zero-order chi connectivity index (χ0) is 16.4. The first kappa shape index (κ1) is 15.3. The van der Waals surface area contributed by atoms with Crippen molar-refractivity contribution in [2.75, 3.05) is 4.90 Å². The topological polar surface area (TPSA) is 46.6 Å². The van der Waals surface area contributed by atoms with Crippen molar-refractivity contribution >= 4 is 17.6 Å². The highest BCUT2D eigenvalue weighted by Crippen LogP contribution is 2.33. The van der Waals surface area contributed by atoms with E-state index < -0.39 is 5.97 Å². The Morgan fingerprint density at radius 2 is 1.78 bits per heavy atom. The van der Waals surface area contributed by atoms with E-state index >= 15 is 0 Å². The first-order valence-electron chi connectivity index (χ1n) is 7.77. The maximum Gasteiger partial charge on any atom is 0.308 e. The molecule has 0 radical (unpaired) electrons. The van der Waals surface area contributed by atoms with Crippen LogP contribution in [0.15, 0.2) is 48.5 Å². The molecule has 0 aromatic heterocycles. The van der Waals surface area contributed by atoms with Crippen LogP contribution in [0.4, 0.5) is 5.69 Å².